The molecule has 1 amide bonds. The number of nitrogens with zero attached hydrogens (tertiary/aromatic N) is 1. The molecule has 2 rings (SSSR count). The van der Waals surface area contributed by atoms with Gasteiger partial charge in [-0.05, 0) is 44.7 Å². The normalized spacial score (nSPS) is 20.6. The van der Waals surface area contributed by atoms with Gasteiger partial charge in [0.15, 0.2) is 0 Å². The monoisotopic (exact) mass is 309 g/mol. The summed E-state index contributed by atoms with van der Waals surface area (Å²) in [7, 11) is 0. The molecule has 1 heterocycles. The van der Waals surface area contributed by atoms with E-state index < -0.39 is 5.60 Å². The van der Waals surface area contributed by atoms with Crippen molar-refractivity contribution in [3.63, 3.8) is 0 Å². The Morgan fingerprint density at radius 2 is 2.14 bits per heavy atom. The van der Waals surface area contributed by atoms with E-state index >= 15 is 0 Å². The van der Waals surface area contributed by atoms with Gasteiger partial charge in [-0.2, -0.15) is 0 Å². The van der Waals surface area contributed by atoms with E-state index in [4.69, 9.17) is 11.6 Å². The summed E-state index contributed by atoms with van der Waals surface area (Å²) in [5, 5.41) is 10.9. The molecule has 0 aliphatic carbocycles. The number of halogens is 1. The predicted molar refractivity (Wildman–Crippen MR) is 85.4 cm³/mol. The van der Waals surface area contributed by atoms with Gasteiger partial charge in [-0.1, -0.05) is 36.7 Å². The van der Waals surface area contributed by atoms with E-state index in [9.17, 15) is 9.90 Å². The Morgan fingerprint density at radius 1 is 1.48 bits per heavy atom. The molecule has 0 bridgehead atoms. The van der Waals surface area contributed by atoms with E-state index in [0.717, 1.165) is 24.9 Å². The highest BCUT2D eigenvalue weighted by molar-refractivity contribution is 6.31. The van der Waals surface area contributed by atoms with Crippen molar-refractivity contribution < 1.29 is 9.90 Å². The van der Waals surface area contributed by atoms with Crippen LogP contribution >= 0.6 is 11.6 Å². The van der Waals surface area contributed by atoms with Crippen LogP contribution in [0, 0.1) is 5.92 Å². The molecule has 116 valence electrons. The summed E-state index contributed by atoms with van der Waals surface area (Å²) in [4.78, 5) is 14.5. The summed E-state index contributed by atoms with van der Waals surface area (Å²) < 4.78 is 0. The Labute approximate surface area is 131 Å². The van der Waals surface area contributed by atoms with Crippen LogP contribution in [0.5, 0.6) is 0 Å². The van der Waals surface area contributed by atoms with E-state index in [0.29, 0.717) is 11.4 Å². The molecule has 0 spiro atoms. The summed E-state index contributed by atoms with van der Waals surface area (Å²) in [6.45, 7) is 6.23. The van der Waals surface area contributed by atoms with E-state index in [1.807, 2.05) is 36.1 Å². The van der Waals surface area contributed by atoms with E-state index in [1.165, 1.54) is 0 Å². The summed E-state index contributed by atoms with van der Waals surface area (Å²) in [5.41, 5.74) is 0.148. The van der Waals surface area contributed by atoms with E-state index in [-0.39, 0.29) is 17.9 Å². The lowest BCUT2D eigenvalue weighted by Crippen LogP contribution is -2.49. The molecular weight excluding hydrogens is 286 g/mol. The Hall–Kier alpha value is -1.06. The number of carbonyl (C=O) groups excluding carboxylic acids is 1. The second kappa shape index (κ2) is 6.37. The van der Waals surface area contributed by atoms with Gasteiger partial charge in [0.05, 0.1) is 11.6 Å². The molecule has 1 saturated heterocycles. The predicted octanol–water partition coefficient (Wildman–Crippen LogP) is 3.28. The van der Waals surface area contributed by atoms with Crippen molar-refractivity contribution in [2.75, 3.05) is 6.54 Å². The van der Waals surface area contributed by atoms with Gasteiger partial charge in [0.2, 0.25) is 5.91 Å². The minimum atomic E-state index is -0.851. The number of benzene rings is 1. The third-order valence-corrected chi connectivity index (χ3v) is 4.63. The zero-order chi connectivity index (χ0) is 15.6. The van der Waals surface area contributed by atoms with Crippen molar-refractivity contribution in [2.24, 2.45) is 5.92 Å². The lowest BCUT2D eigenvalue weighted by Gasteiger charge is -2.35. The van der Waals surface area contributed by atoms with Gasteiger partial charge in [-0.15, -0.1) is 0 Å². The molecule has 1 aromatic carbocycles. The quantitative estimate of drug-likeness (QED) is 0.927. The van der Waals surface area contributed by atoms with Crippen molar-refractivity contribution in [1.29, 1.82) is 0 Å². The maximum Gasteiger partial charge on any atom is 0.226 e. The summed E-state index contributed by atoms with van der Waals surface area (Å²) in [6.07, 6.45) is 2.46. The van der Waals surface area contributed by atoms with Gasteiger partial charge in [-0.3, -0.25) is 4.79 Å². The van der Waals surface area contributed by atoms with Crippen LogP contribution in [-0.2, 0) is 11.2 Å². The Morgan fingerprint density at radius 3 is 2.76 bits per heavy atom. The lowest BCUT2D eigenvalue weighted by atomic mass is 9.94. The fraction of sp³-hybridized carbons (Fsp3) is 0.588. The molecule has 2 atom stereocenters. The first-order valence-corrected chi connectivity index (χ1v) is 7.94. The highest BCUT2D eigenvalue weighted by Crippen LogP contribution is 2.29. The first kappa shape index (κ1) is 16.3. The third-order valence-electron chi connectivity index (χ3n) is 4.26. The van der Waals surface area contributed by atoms with Crippen molar-refractivity contribution in [1.82, 2.24) is 4.90 Å². The Bertz CT molecular complexity index is 510. The maximum absolute atomic E-state index is 12.7. The van der Waals surface area contributed by atoms with E-state index in [1.54, 1.807) is 13.8 Å². The standard InChI is InChI=1S/C17H24ClNO2/c1-12(11-13-7-4-5-8-14(13)18)16(20)19-10-6-9-15(19)17(2,3)21/h4-5,7-8,12,15,21H,6,9-11H2,1-3H3. The number of amides is 1. The molecule has 1 N–H and O–H groups in total. The smallest absolute Gasteiger partial charge is 0.226 e. The molecule has 1 fully saturated rings. The zero-order valence-electron chi connectivity index (χ0n) is 13.0. The van der Waals surface area contributed by atoms with Crippen LogP contribution in [0.4, 0.5) is 0 Å². The zero-order valence-corrected chi connectivity index (χ0v) is 13.7. The van der Waals surface area contributed by atoms with Crippen LogP contribution in [0.25, 0.3) is 0 Å². The number of rotatable bonds is 4. The van der Waals surface area contributed by atoms with Crippen LogP contribution < -0.4 is 0 Å². The van der Waals surface area contributed by atoms with Gasteiger partial charge >= 0.3 is 0 Å². The summed E-state index contributed by atoms with van der Waals surface area (Å²) in [6, 6.07) is 7.56. The first-order valence-electron chi connectivity index (χ1n) is 7.57. The fourth-order valence-electron chi connectivity index (χ4n) is 3.13. The number of hydrogen-bond acceptors (Lipinski definition) is 2. The molecule has 2 unspecified atom stereocenters. The molecule has 1 aliphatic rings. The summed E-state index contributed by atoms with van der Waals surface area (Å²) in [5.74, 6) is -0.0209. The first-order chi connectivity index (χ1) is 9.80. The molecule has 1 aliphatic heterocycles. The van der Waals surface area contributed by atoms with Crippen LogP contribution in [-0.4, -0.2) is 34.1 Å². The maximum atomic E-state index is 12.7. The number of hydrogen-bond donors (Lipinski definition) is 1. The number of carbonyl (C=O) groups is 1. The van der Waals surface area contributed by atoms with Crippen LogP contribution in [0.1, 0.15) is 39.2 Å². The van der Waals surface area contributed by atoms with Gasteiger partial charge in [0, 0.05) is 17.5 Å². The largest absolute Gasteiger partial charge is 0.388 e. The van der Waals surface area contributed by atoms with Crippen molar-refractivity contribution in [2.45, 2.75) is 51.7 Å². The molecular formula is C17H24ClNO2. The molecule has 0 radical (unpaired) electrons. The minimum absolute atomic E-state index is 0.0845. The average molecular weight is 310 g/mol. The molecule has 4 heteroatoms. The Balaban J connectivity index is 2.07. The van der Waals surface area contributed by atoms with Gasteiger partial charge in [0.1, 0.15) is 0 Å². The highest BCUT2D eigenvalue weighted by atomic mass is 35.5. The second-order valence-electron chi connectivity index (χ2n) is 6.54. The lowest BCUT2D eigenvalue weighted by molar-refractivity contribution is -0.140. The molecule has 1 aromatic rings. The van der Waals surface area contributed by atoms with Gasteiger partial charge in [0.25, 0.3) is 0 Å². The molecule has 0 saturated carbocycles. The minimum Gasteiger partial charge on any atom is -0.388 e. The SMILES string of the molecule is CC(Cc1ccccc1Cl)C(=O)N1CCCC1C(C)(C)O. The topological polar surface area (TPSA) is 40.5 Å². The molecule has 21 heavy (non-hydrogen) atoms. The fourth-order valence-corrected chi connectivity index (χ4v) is 3.34. The van der Waals surface area contributed by atoms with Gasteiger partial charge < -0.3 is 10.0 Å². The number of likely N-dealkylation sites (tertiary alicyclic amines) is 1. The van der Waals surface area contributed by atoms with Gasteiger partial charge in [-0.25, -0.2) is 0 Å². The summed E-state index contributed by atoms with van der Waals surface area (Å²) >= 11 is 6.17. The van der Waals surface area contributed by atoms with Crippen molar-refractivity contribution in [3.8, 4) is 0 Å². The highest BCUT2D eigenvalue weighted by Gasteiger charge is 2.39. The number of aliphatic hydroxyl groups is 1. The van der Waals surface area contributed by atoms with E-state index in [2.05, 4.69) is 0 Å². The molecule has 3 nitrogen and oxygen atoms in total. The average Bonchev–Trinajstić information content (AvgIpc) is 2.89. The molecule has 0 aromatic heterocycles. The van der Waals surface area contributed by atoms with Crippen LogP contribution in [0.3, 0.4) is 0 Å². The van der Waals surface area contributed by atoms with Crippen molar-refractivity contribution in [3.05, 3.63) is 34.9 Å². The second-order valence-corrected chi connectivity index (χ2v) is 6.95. The van der Waals surface area contributed by atoms with Crippen LogP contribution in [0.2, 0.25) is 5.02 Å². The third kappa shape index (κ3) is 3.78. The Kier molecular flexibility index (Phi) is 4.95. The van der Waals surface area contributed by atoms with Crippen LogP contribution in [0.15, 0.2) is 24.3 Å². The van der Waals surface area contributed by atoms with Crippen molar-refractivity contribution >= 4 is 17.5 Å².